The maximum atomic E-state index is 6.41. The Bertz CT molecular complexity index is 302. The standard InChI is InChI=1S/C12H19N3/c1-2-15-9-6-12(13,7-10-15)11-5-3-4-8-14-11/h3-5,8H,2,6-7,9-10,13H2,1H3. The summed E-state index contributed by atoms with van der Waals surface area (Å²) in [4.78, 5) is 6.82. The lowest BCUT2D eigenvalue weighted by atomic mass is 9.85. The number of nitrogens with two attached hydrogens (primary N) is 1. The first-order valence-corrected chi connectivity index (χ1v) is 5.67. The van der Waals surface area contributed by atoms with Gasteiger partial charge in [0.25, 0.3) is 0 Å². The first-order valence-electron chi connectivity index (χ1n) is 5.67. The van der Waals surface area contributed by atoms with E-state index in [0.717, 1.165) is 38.2 Å². The summed E-state index contributed by atoms with van der Waals surface area (Å²) < 4.78 is 0. The van der Waals surface area contributed by atoms with Gasteiger partial charge >= 0.3 is 0 Å². The SMILES string of the molecule is CCN1CCC(N)(c2ccccn2)CC1. The molecule has 0 saturated carbocycles. The highest BCUT2D eigenvalue weighted by molar-refractivity contribution is 5.16. The van der Waals surface area contributed by atoms with Crippen molar-refractivity contribution in [3.05, 3.63) is 30.1 Å². The predicted molar refractivity (Wildman–Crippen MR) is 61.5 cm³/mol. The van der Waals surface area contributed by atoms with Crippen LogP contribution in [0, 0.1) is 0 Å². The van der Waals surface area contributed by atoms with Gasteiger partial charge in [-0.3, -0.25) is 4.98 Å². The van der Waals surface area contributed by atoms with E-state index in [1.807, 2.05) is 24.4 Å². The van der Waals surface area contributed by atoms with Gasteiger partial charge in [0.2, 0.25) is 0 Å². The molecule has 0 atom stereocenters. The van der Waals surface area contributed by atoms with Gasteiger partial charge in [-0.15, -0.1) is 0 Å². The number of rotatable bonds is 2. The van der Waals surface area contributed by atoms with Crippen molar-refractivity contribution in [1.29, 1.82) is 0 Å². The van der Waals surface area contributed by atoms with Crippen molar-refractivity contribution in [2.75, 3.05) is 19.6 Å². The minimum absolute atomic E-state index is 0.201. The molecule has 15 heavy (non-hydrogen) atoms. The molecule has 0 radical (unpaired) electrons. The van der Waals surface area contributed by atoms with Gasteiger partial charge in [0.05, 0.1) is 11.2 Å². The number of hydrogen-bond acceptors (Lipinski definition) is 3. The van der Waals surface area contributed by atoms with Crippen LogP contribution in [0.3, 0.4) is 0 Å². The lowest BCUT2D eigenvalue weighted by molar-refractivity contribution is 0.166. The maximum Gasteiger partial charge on any atom is 0.0608 e. The third kappa shape index (κ3) is 2.19. The molecular weight excluding hydrogens is 186 g/mol. The Morgan fingerprint density at radius 1 is 1.40 bits per heavy atom. The Labute approximate surface area is 91.3 Å². The molecule has 0 amide bonds. The Morgan fingerprint density at radius 3 is 2.67 bits per heavy atom. The lowest BCUT2D eigenvalue weighted by Crippen LogP contribution is -2.48. The summed E-state index contributed by atoms with van der Waals surface area (Å²) in [7, 11) is 0. The first-order chi connectivity index (χ1) is 7.24. The van der Waals surface area contributed by atoms with Gasteiger partial charge in [-0.1, -0.05) is 13.0 Å². The third-order valence-electron chi connectivity index (χ3n) is 3.37. The van der Waals surface area contributed by atoms with Crippen molar-refractivity contribution in [2.45, 2.75) is 25.3 Å². The van der Waals surface area contributed by atoms with E-state index in [4.69, 9.17) is 5.73 Å². The summed E-state index contributed by atoms with van der Waals surface area (Å²) in [6.45, 7) is 5.50. The molecule has 0 aliphatic carbocycles. The van der Waals surface area contributed by atoms with Gasteiger partial charge in [-0.05, 0) is 31.5 Å². The van der Waals surface area contributed by atoms with Crippen LogP contribution >= 0.6 is 0 Å². The number of nitrogens with zero attached hydrogens (tertiary/aromatic N) is 2. The summed E-state index contributed by atoms with van der Waals surface area (Å²) in [5.41, 5.74) is 7.25. The molecule has 0 spiro atoms. The molecule has 82 valence electrons. The van der Waals surface area contributed by atoms with Crippen LogP contribution in [-0.2, 0) is 5.54 Å². The van der Waals surface area contributed by atoms with Gasteiger partial charge in [0, 0.05) is 19.3 Å². The molecule has 2 heterocycles. The number of hydrogen-bond donors (Lipinski definition) is 1. The monoisotopic (exact) mass is 205 g/mol. The summed E-state index contributed by atoms with van der Waals surface area (Å²) in [6, 6.07) is 6.00. The average Bonchev–Trinajstić information content (AvgIpc) is 2.31. The molecule has 3 heteroatoms. The minimum Gasteiger partial charge on any atom is -0.320 e. The molecule has 2 rings (SSSR count). The van der Waals surface area contributed by atoms with Crippen LogP contribution < -0.4 is 5.73 Å². The normalized spacial score (nSPS) is 21.5. The summed E-state index contributed by atoms with van der Waals surface area (Å²) in [5, 5.41) is 0. The molecule has 1 aliphatic heterocycles. The highest BCUT2D eigenvalue weighted by atomic mass is 15.1. The second-order valence-electron chi connectivity index (χ2n) is 4.31. The van der Waals surface area contributed by atoms with Gasteiger partial charge in [-0.25, -0.2) is 0 Å². The Balaban J connectivity index is 2.10. The van der Waals surface area contributed by atoms with Crippen molar-refractivity contribution in [3.63, 3.8) is 0 Å². The fourth-order valence-corrected chi connectivity index (χ4v) is 2.18. The van der Waals surface area contributed by atoms with Crippen LogP contribution in [0.4, 0.5) is 0 Å². The molecule has 2 N–H and O–H groups in total. The quantitative estimate of drug-likeness (QED) is 0.792. The largest absolute Gasteiger partial charge is 0.320 e. The summed E-state index contributed by atoms with van der Waals surface area (Å²) in [5.74, 6) is 0. The maximum absolute atomic E-state index is 6.41. The Morgan fingerprint density at radius 2 is 2.13 bits per heavy atom. The number of aromatic nitrogens is 1. The summed E-state index contributed by atoms with van der Waals surface area (Å²) >= 11 is 0. The van der Waals surface area contributed by atoms with Gasteiger partial charge in [-0.2, -0.15) is 0 Å². The molecule has 0 unspecified atom stereocenters. The molecule has 1 saturated heterocycles. The second-order valence-corrected chi connectivity index (χ2v) is 4.31. The van der Waals surface area contributed by atoms with E-state index in [1.165, 1.54) is 0 Å². The van der Waals surface area contributed by atoms with Crippen LogP contribution in [0.5, 0.6) is 0 Å². The lowest BCUT2D eigenvalue weighted by Gasteiger charge is -2.38. The topological polar surface area (TPSA) is 42.1 Å². The molecular formula is C12H19N3. The van der Waals surface area contributed by atoms with Gasteiger partial charge in [0.1, 0.15) is 0 Å². The highest BCUT2D eigenvalue weighted by Gasteiger charge is 2.32. The molecule has 0 bridgehead atoms. The zero-order valence-corrected chi connectivity index (χ0v) is 9.32. The van der Waals surface area contributed by atoms with Crippen LogP contribution in [0.25, 0.3) is 0 Å². The average molecular weight is 205 g/mol. The van der Waals surface area contributed by atoms with E-state index in [-0.39, 0.29) is 5.54 Å². The van der Waals surface area contributed by atoms with Gasteiger partial charge in [0.15, 0.2) is 0 Å². The Kier molecular flexibility index (Phi) is 3.03. The minimum atomic E-state index is -0.201. The van der Waals surface area contributed by atoms with Gasteiger partial charge < -0.3 is 10.6 Å². The molecule has 1 aliphatic rings. The van der Waals surface area contributed by atoms with E-state index in [2.05, 4.69) is 16.8 Å². The van der Waals surface area contributed by atoms with Crippen LogP contribution in [0.2, 0.25) is 0 Å². The van der Waals surface area contributed by atoms with Crippen molar-refractivity contribution >= 4 is 0 Å². The predicted octanol–water partition coefficient (Wildman–Crippen LogP) is 1.35. The molecule has 3 nitrogen and oxygen atoms in total. The Hall–Kier alpha value is -0.930. The molecule has 1 fully saturated rings. The number of pyridine rings is 1. The van der Waals surface area contributed by atoms with E-state index in [1.54, 1.807) is 0 Å². The van der Waals surface area contributed by atoms with Crippen molar-refractivity contribution in [3.8, 4) is 0 Å². The van der Waals surface area contributed by atoms with E-state index < -0.39 is 0 Å². The van der Waals surface area contributed by atoms with E-state index >= 15 is 0 Å². The van der Waals surface area contributed by atoms with E-state index in [9.17, 15) is 0 Å². The van der Waals surface area contributed by atoms with Crippen LogP contribution in [0.15, 0.2) is 24.4 Å². The second kappa shape index (κ2) is 4.29. The first kappa shape index (κ1) is 10.6. The number of likely N-dealkylation sites (tertiary alicyclic amines) is 1. The highest BCUT2D eigenvalue weighted by Crippen LogP contribution is 2.28. The van der Waals surface area contributed by atoms with Crippen LogP contribution in [-0.4, -0.2) is 29.5 Å². The molecule has 1 aromatic rings. The van der Waals surface area contributed by atoms with Crippen molar-refractivity contribution in [1.82, 2.24) is 9.88 Å². The fourth-order valence-electron chi connectivity index (χ4n) is 2.18. The zero-order valence-electron chi connectivity index (χ0n) is 9.32. The third-order valence-corrected chi connectivity index (χ3v) is 3.37. The van der Waals surface area contributed by atoms with Crippen LogP contribution in [0.1, 0.15) is 25.5 Å². The zero-order chi connectivity index (χ0) is 10.7. The number of piperidine rings is 1. The molecule has 0 aromatic carbocycles. The smallest absolute Gasteiger partial charge is 0.0608 e. The summed E-state index contributed by atoms with van der Waals surface area (Å²) in [6.07, 6.45) is 3.85. The van der Waals surface area contributed by atoms with Crippen molar-refractivity contribution in [2.24, 2.45) is 5.73 Å². The molecule has 1 aromatic heterocycles. The van der Waals surface area contributed by atoms with E-state index in [0.29, 0.717) is 0 Å². The fraction of sp³-hybridized carbons (Fsp3) is 0.583. The van der Waals surface area contributed by atoms with Crippen molar-refractivity contribution < 1.29 is 0 Å².